The molecule has 0 aromatic heterocycles. The van der Waals surface area contributed by atoms with Gasteiger partial charge in [-0.05, 0) is 63.8 Å². The molecule has 3 N–H and O–H groups in total. The Bertz CT molecular complexity index is 751. The Morgan fingerprint density at radius 1 is 1.07 bits per heavy atom. The molecule has 1 unspecified atom stereocenters. The molecule has 1 aliphatic rings. The molecule has 8 heteroatoms. The van der Waals surface area contributed by atoms with Crippen molar-refractivity contribution in [1.29, 1.82) is 0 Å². The predicted molar refractivity (Wildman–Crippen MR) is 119 cm³/mol. The third kappa shape index (κ3) is 7.20. The summed E-state index contributed by atoms with van der Waals surface area (Å²) < 4.78 is 0. The minimum absolute atomic E-state index is 0.0233. The van der Waals surface area contributed by atoms with Gasteiger partial charge in [-0.15, -0.1) is 0 Å². The van der Waals surface area contributed by atoms with Crippen molar-refractivity contribution in [3.63, 3.8) is 0 Å². The number of benzene rings is 1. The number of urea groups is 1. The van der Waals surface area contributed by atoms with Crippen LogP contribution in [0.3, 0.4) is 0 Å². The summed E-state index contributed by atoms with van der Waals surface area (Å²) in [6, 6.07) is 5.80. The maximum atomic E-state index is 12.8. The summed E-state index contributed by atoms with van der Waals surface area (Å²) in [5.41, 5.74) is 0.172. The van der Waals surface area contributed by atoms with Crippen LogP contribution in [0, 0.1) is 5.92 Å². The summed E-state index contributed by atoms with van der Waals surface area (Å²) in [6.45, 7) is 10.8. The molecular weight excluding hydrogens is 404 g/mol. The number of carbonyl (C=O) groups is 3. The summed E-state index contributed by atoms with van der Waals surface area (Å²) >= 11 is 5.87. The van der Waals surface area contributed by atoms with Crippen LogP contribution in [0.25, 0.3) is 0 Å². The fraction of sp³-hybridized carbons (Fsp3) is 0.591. The van der Waals surface area contributed by atoms with E-state index in [2.05, 4.69) is 16.0 Å². The lowest BCUT2D eigenvalue weighted by molar-refractivity contribution is -0.124. The molecule has 1 aromatic rings. The van der Waals surface area contributed by atoms with Crippen molar-refractivity contribution in [2.24, 2.45) is 5.92 Å². The van der Waals surface area contributed by atoms with Crippen molar-refractivity contribution in [3.05, 3.63) is 34.9 Å². The van der Waals surface area contributed by atoms with Crippen LogP contribution in [0.15, 0.2) is 24.3 Å². The summed E-state index contributed by atoms with van der Waals surface area (Å²) in [5.74, 6) is -0.585. The van der Waals surface area contributed by atoms with Gasteiger partial charge in [-0.1, -0.05) is 25.4 Å². The molecule has 4 amide bonds. The van der Waals surface area contributed by atoms with E-state index in [0.29, 0.717) is 36.5 Å². The highest BCUT2D eigenvalue weighted by Crippen LogP contribution is 2.14. The lowest BCUT2D eigenvalue weighted by Gasteiger charge is -2.35. The van der Waals surface area contributed by atoms with E-state index in [1.54, 1.807) is 29.2 Å². The number of rotatable bonds is 5. The van der Waals surface area contributed by atoms with Crippen LogP contribution < -0.4 is 16.0 Å². The minimum atomic E-state index is -0.643. The van der Waals surface area contributed by atoms with Crippen LogP contribution >= 0.6 is 11.6 Å². The summed E-state index contributed by atoms with van der Waals surface area (Å²) in [5, 5.41) is 9.38. The second-order valence-corrected chi connectivity index (χ2v) is 9.59. The normalized spacial score (nSPS) is 16.2. The molecular formula is C22H33ClN4O3. The Labute approximate surface area is 183 Å². The van der Waals surface area contributed by atoms with Crippen LogP contribution in [0.2, 0.25) is 5.02 Å². The molecule has 1 aliphatic heterocycles. The largest absolute Gasteiger partial charge is 0.351 e. The van der Waals surface area contributed by atoms with Gasteiger partial charge in [0.05, 0.1) is 0 Å². The quantitative estimate of drug-likeness (QED) is 0.662. The first-order valence-electron chi connectivity index (χ1n) is 10.4. The van der Waals surface area contributed by atoms with Crippen molar-refractivity contribution in [2.75, 3.05) is 13.1 Å². The monoisotopic (exact) mass is 436 g/mol. The molecule has 0 aliphatic carbocycles. The molecule has 1 heterocycles. The highest BCUT2D eigenvalue weighted by molar-refractivity contribution is 6.30. The topological polar surface area (TPSA) is 90.5 Å². The van der Waals surface area contributed by atoms with Gasteiger partial charge in [-0.25, -0.2) is 4.79 Å². The molecule has 166 valence electrons. The van der Waals surface area contributed by atoms with Gasteiger partial charge >= 0.3 is 6.03 Å². The number of amides is 4. The Balaban J connectivity index is 1.89. The molecule has 0 radical (unpaired) electrons. The molecule has 2 rings (SSSR count). The van der Waals surface area contributed by atoms with Gasteiger partial charge < -0.3 is 20.9 Å². The fourth-order valence-electron chi connectivity index (χ4n) is 3.28. The van der Waals surface area contributed by atoms with Crippen LogP contribution in [0.1, 0.15) is 57.8 Å². The lowest BCUT2D eigenvalue weighted by atomic mass is 10.00. The number of nitrogens with zero attached hydrogens (tertiary/aromatic N) is 1. The highest BCUT2D eigenvalue weighted by atomic mass is 35.5. The Kier molecular flexibility index (Phi) is 8.12. The summed E-state index contributed by atoms with van der Waals surface area (Å²) in [4.78, 5) is 39.4. The van der Waals surface area contributed by atoms with E-state index < -0.39 is 6.04 Å². The molecule has 0 bridgehead atoms. The van der Waals surface area contributed by atoms with Gasteiger partial charge in [0.25, 0.3) is 5.91 Å². The van der Waals surface area contributed by atoms with E-state index >= 15 is 0 Å². The third-order valence-electron chi connectivity index (χ3n) is 4.95. The zero-order chi connectivity index (χ0) is 22.5. The minimum Gasteiger partial charge on any atom is -0.351 e. The van der Waals surface area contributed by atoms with E-state index in [0.717, 1.165) is 0 Å². The number of likely N-dealkylation sites (tertiary alicyclic amines) is 1. The second kappa shape index (κ2) is 10.2. The number of nitrogens with one attached hydrogen (secondary N) is 3. The van der Waals surface area contributed by atoms with Crippen LogP contribution in [0.4, 0.5) is 4.79 Å². The van der Waals surface area contributed by atoms with E-state index in [1.807, 2.05) is 34.6 Å². The van der Waals surface area contributed by atoms with Crippen LogP contribution in [-0.2, 0) is 4.79 Å². The van der Waals surface area contributed by atoms with Crippen molar-refractivity contribution in [3.8, 4) is 0 Å². The van der Waals surface area contributed by atoms with E-state index in [9.17, 15) is 14.4 Å². The summed E-state index contributed by atoms with van der Waals surface area (Å²) in [7, 11) is 0. The van der Waals surface area contributed by atoms with E-state index in [-0.39, 0.29) is 35.3 Å². The molecule has 1 aromatic carbocycles. The van der Waals surface area contributed by atoms with Crippen LogP contribution in [0.5, 0.6) is 0 Å². The number of hydrogen-bond acceptors (Lipinski definition) is 3. The van der Waals surface area contributed by atoms with Crippen LogP contribution in [-0.4, -0.2) is 53.5 Å². The molecule has 1 saturated heterocycles. The van der Waals surface area contributed by atoms with E-state index in [4.69, 9.17) is 11.6 Å². The van der Waals surface area contributed by atoms with Gasteiger partial charge in [0.2, 0.25) is 5.91 Å². The maximum absolute atomic E-state index is 12.8. The lowest BCUT2D eigenvalue weighted by Crippen LogP contribution is -2.56. The highest BCUT2D eigenvalue weighted by Gasteiger charge is 2.30. The fourth-order valence-corrected chi connectivity index (χ4v) is 3.40. The third-order valence-corrected chi connectivity index (χ3v) is 5.20. The zero-order valence-electron chi connectivity index (χ0n) is 18.4. The van der Waals surface area contributed by atoms with Crippen molar-refractivity contribution < 1.29 is 14.4 Å². The Hall–Kier alpha value is -2.28. The first-order valence-corrected chi connectivity index (χ1v) is 10.8. The number of hydrogen-bond donors (Lipinski definition) is 3. The van der Waals surface area contributed by atoms with Gasteiger partial charge in [0, 0.05) is 35.3 Å². The van der Waals surface area contributed by atoms with Crippen molar-refractivity contribution in [1.82, 2.24) is 20.9 Å². The molecule has 0 saturated carbocycles. The molecule has 30 heavy (non-hydrogen) atoms. The first-order chi connectivity index (χ1) is 14.0. The zero-order valence-corrected chi connectivity index (χ0v) is 19.2. The van der Waals surface area contributed by atoms with E-state index in [1.165, 1.54) is 0 Å². The Morgan fingerprint density at radius 3 is 2.13 bits per heavy atom. The van der Waals surface area contributed by atoms with Gasteiger partial charge in [0.15, 0.2) is 0 Å². The van der Waals surface area contributed by atoms with Crippen molar-refractivity contribution in [2.45, 2.75) is 65.1 Å². The SMILES string of the molecule is CC(C)C(NC(=O)c1ccc(Cl)cc1)C(=O)NC1CCN(C(=O)NC(C)(C)C)CC1. The maximum Gasteiger partial charge on any atom is 0.317 e. The van der Waals surface area contributed by atoms with Crippen molar-refractivity contribution >= 4 is 29.4 Å². The molecule has 7 nitrogen and oxygen atoms in total. The standard InChI is InChI=1S/C22H33ClN4O3/c1-14(2)18(25-19(28)15-6-8-16(23)9-7-15)20(29)24-17-10-12-27(13-11-17)21(30)26-22(3,4)5/h6-9,14,17-18H,10-13H2,1-5H3,(H,24,29)(H,25,28)(H,26,30). The average Bonchev–Trinajstić information content (AvgIpc) is 2.65. The van der Waals surface area contributed by atoms with Gasteiger partial charge in [0.1, 0.15) is 6.04 Å². The number of carbonyl (C=O) groups excluding carboxylic acids is 3. The molecule has 1 atom stereocenters. The second-order valence-electron chi connectivity index (χ2n) is 9.15. The summed E-state index contributed by atoms with van der Waals surface area (Å²) in [6.07, 6.45) is 1.36. The number of halogens is 1. The predicted octanol–water partition coefficient (Wildman–Crippen LogP) is 3.18. The average molecular weight is 437 g/mol. The number of piperidine rings is 1. The first kappa shape index (κ1) is 24.0. The Morgan fingerprint density at radius 2 is 1.63 bits per heavy atom. The van der Waals surface area contributed by atoms with Gasteiger partial charge in [-0.2, -0.15) is 0 Å². The van der Waals surface area contributed by atoms with Gasteiger partial charge in [-0.3, -0.25) is 9.59 Å². The molecule has 1 fully saturated rings. The smallest absolute Gasteiger partial charge is 0.317 e. The molecule has 0 spiro atoms.